The van der Waals surface area contributed by atoms with Gasteiger partial charge < -0.3 is 5.73 Å². The molecule has 0 fully saturated rings. The molecule has 21 heavy (non-hydrogen) atoms. The second kappa shape index (κ2) is 5.38. The van der Waals surface area contributed by atoms with Crippen molar-refractivity contribution >= 4 is 28.3 Å². The molecule has 4 N–H and O–H groups in total. The number of carbonyl (C=O) groups is 1. The molecule has 1 heterocycles. The van der Waals surface area contributed by atoms with Crippen LogP contribution >= 0.6 is 22.4 Å². The molecule has 1 amide bonds. The lowest BCUT2D eigenvalue weighted by Crippen LogP contribution is -2.14. The van der Waals surface area contributed by atoms with Crippen molar-refractivity contribution < 1.29 is 13.9 Å². The van der Waals surface area contributed by atoms with Crippen molar-refractivity contribution in [2.75, 3.05) is 5.75 Å². The van der Waals surface area contributed by atoms with Gasteiger partial charge in [0.25, 0.3) is 0 Å². The summed E-state index contributed by atoms with van der Waals surface area (Å²) in [6, 6.07) is 14.6. The minimum Gasteiger partial charge on any atom is -0.366 e. The molecule has 110 valence electrons. The van der Waals surface area contributed by atoms with Crippen LogP contribution in [0.3, 0.4) is 0 Å². The van der Waals surface area contributed by atoms with Crippen molar-refractivity contribution in [1.29, 1.82) is 0 Å². The van der Waals surface area contributed by atoms with E-state index in [4.69, 9.17) is 5.73 Å². The number of nitrogens with two attached hydrogens (primary N) is 1. The summed E-state index contributed by atoms with van der Waals surface area (Å²) in [6.07, 6.45) is 0. The molecule has 2 aromatic carbocycles. The fraction of sp³-hybridized carbons (Fsp3) is 0.133. The monoisotopic (exact) mass is 321 g/mol. The number of hydrogen-bond donors (Lipinski definition) is 3. The Morgan fingerprint density at radius 2 is 1.86 bits per heavy atom. The Balaban J connectivity index is 2.05. The molecule has 1 aliphatic heterocycles. The summed E-state index contributed by atoms with van der Waals surface area (Å²) in [7, 11) is -2.86. The van der Waals surface area contributed by atoms with Crippen molar-refractivity contribution in [1.82, 2.24) is 0 Å². The molecule has 0 spiro atoms. The summed E-state index contributed by atoms with van der Waals surface area (Å²) in [5.41, 5.74) is 6.47. The molecule has 0 radical (unpaired) electrons. The van der Waals surface area contributed by atoms with Crippen LogP contribution in [0.1, 0.15) is 21.2 Å². The zero-order valence-corrected chi connectivity index (χ0v) is 12.7. The quantitative estimate of drug-likeness (QED) is 0.804. The maximum Gasteiger partial charge on any atom is 0.249 e. The van der Waals surface area contributed by atoms with Crippen LogP contribution in [0.15, 0.2) is 58.3 Å². The van der Waals surface area contributed by atoms with Crippen LogP contribution < -0.4 is 5.73 Å². The van der Waals surface area contributed by atoms with E-state index < -0.39 is 16.5 Å². The highest BCUT2D eigenvalue weighted by atomic mass is 32.3. The second-order valence-electron chi connectivity index (χ2n) is 4.83. The molecule has 1 atom stereocenters. The van der Waals surface area contributed by atoms with E-state index in [1.54, 1.807) is 18.2 Å². The van der Waals surface area contributed by atoms with Gasteiger partial charge in [-0.1, -0.05) is 24.3 Å². The predicted molar refractivity (Wildman–Crippen MR) is 86.0 cm³/mol. The van der Waals surface area contributed by atoms with Crippen LogP contribution in [0, 0.1) is 0 Å². The summed E-state index contributed by atoms with van der Waals surface area (Å²) in [5.74, 6) is -0.325. The number of primary amides is 1. The van der Waals surface area contributed by atoms with Crippen molar-refractivity contribution in [2.24, 2.45) is 5.73 Å². The first-order valence-corrected chi connectivity index (χ1v) is 8.99. The van der Waals surface area contributed by atoms with Crippen LogP contribution in [-0.4, -0.2) is 20.8 Å². The lowest BCUT2D eigenvalue weighted by molar-refractivity contribution is 0.0999. The largest absolute Gasteiger partial charge is 0.366 e. The molecule has 0 aromatic heterocycles. The SMILES string of the molecule is NC(=O)c1cccc2c1C(Sc1ccccc1)CS2(O)O. The van der Waals surface area contributed by atoms with Gasteiger partial charge in [-0.05, 0) is 24.3 Å². The molecule has 0 bridgehead atoms. The average Bonchev–Trinajstić information content (AvgIpc) is 2.71. The van der Waals surface area contributed by atoms with Crippen LogP contribution in [0.25, 0.3) is 0 Å². The van der Waals surface area contributed by atoms with Gasteiger partial charge in [-0.15, -0.1) is 11.8 Å². The number of rotatable bonds is 3. The van der Waals surface area contributed by atoms with Gasteiger partial charge in [0.2, 0.25) is 5.91 Å². The molecule has 0 saturated heterocycles. The minimum atomic E-state index is -2.86. The summed E-state index contributed by atoms with van der Waals surface area (Å²) < 4.78 is 20.5. The minimum absolute atomic E-state index is 0.184. The molecule has 1 unspecified atom stereocenters. The topological polar surface area (TPSA) is 83.6 Å². The summed E-state index contributed by atoms with van der Waals surface area (Å²) in [6.45, 7) is 0. The Morgan fingerprint density at radius 3 is 2.52 bits per heavy atom. The fourth-order valence-corrected chi connectivity index (χ4v) is 6.12. The van der Waals surface area contributed by atoms with E-state index in [-0.39, 0.29) is 11.0 Å². The predicted octanol–water partition coefficient (Wildman–Crippen LogP) is 3.74. The smallest absolute Gasteiger partial charge is 0.249 e. The Bertz CT molecular complexity index is 689. The molecule has 6 heteroatoms. The summed E-state index contributed by atoms with van der Waals surface area (Å²) >= 11 is 1.52. The van der Waals surface area contributed by atoms with Gasteiger partial charge in [0.1, 0.15) is 0 Å². The van der Waals surface area contributed by atoms with Gasteiger partial charge in [0.15, 0.2) is 0 Å². The highest BCUT2D eigenvalue weighted by Crippen LogP contribution is 2.63. The lowest BCUT2D eigenvalue weighted by Gasteiger charge is -2.27. The number of amides is 1. The molecule has 4 nitrogen and oxygen atoms in total. The fourth-order valence-electron chi connectivity index (χ4n) is 2.52. The van der Waals surface area contributed by atoms with E-state index >= 15 is 0 Å². The van der Waals surface area contributed by atoms with Crippen LogP contribution in [-0.2, 0) is 0 Å². The molecule has 0 saturated carbocycles. The van der Waals surface area contributed by atoms with Crippen LogP contribution in [0.5, 0.6) is 0 Å². The van der Waals surface area contributed by atoms with Crippen LogP contribution in [0.2, 0.25) is 0 Å². The average molecular weight is 321 g/mol. The van der Waals surface area contributed by atoms with Crippen molar-refractivity contribution in [3.05, 3.63) is 59.7 Å². The molecule has 3 rings (SSSR count). The lowest BCUT2D eigenvalue weighted by atomic mass is 10.0. The zero-order valence-electron chi connectivity index (χ0n) is 11.1. The first kappa shape index (κ1) is 14.5. The molecule has 0 aliphatic carbocycles. The van der Waals surface area contributed by atoms with Crippen LogP contribution in [0.4, 0.5) is 0 Å². The maximum atomic E-state index is 11.6. The molecule has 2 aromatic rings. The number of hydrogen-bond acceptors (Lipinski definition) is 4. The van der Waals surface area contributed by atoms with E-state index in [0.717, 1.165) is 4.90 Å². The Labute approximate surface area is 128 Å². The van der Waals surface area contributed by atoms with Crippen molar-refractivity contribution in [2.45, 2.75) is 15.0 Å². The molecular formula is C15H15NO3S2. The number of fused-ring (bicyclic) bond motifs is 1. The number of thioether (sulfide) groups is 1. The Hall–Kier alpha value is -1.47. The van der Waals surface area contributed by atoms with Gasteiger partial charge in [0.05, 0.1) is 15.9 Å². The normalized spacial score (nSPS) is 20.8. The van der Waals surface area contributed by atoms with Gasteiger partial charge in [-0.2, -0.15) is 10.6 Å². The van der Waals surface area contributed by atoms with E-state index in [2.05, 4.69) is 0 Å². The zero-order chi connectivity index (χ0) is 15.0. The van der Waals surface area contributed by atoms with E-state index in [9.17, 15) is 13.9 Å². The van der Waals surface area contributed by atoms with Gasteiger partial charge in [-0.3, -0.25) is 13.9 Å². The Morgan fingerprint density at radius 1 is 1.14 bits per heavy atom. The number of benzene rings is 2. The van der Waals surface area contributed by atoms with Crippen molar-refractivity contribution in [3.8, 4) is 0 Å². The number of carbonyl (C=O) groups excluding carboxylic acids is 1. The molecular weight excluding hydrogens is 306 g/mol. The van der Waals surface area contributed by atoms with E-state index in [0.29, 0.717) is 16.0 Å². The highest BCUT2D eigenvalue weighted by Gasteiger charge is 2.38. The third kappa shape index (κ3) is 2.67. The molecule has 1 aliphatic rings. The first-order valence-electron chi connectivity index (χ1n) is 6.39. The first-order chi connectivity index (χ1) is 9.99. The van der Waals surface area contributed by atoms with Crippen molar-refractivity contribution in [3.63, 3.8) is 0 Å². The highest BCUT2D eigenvalue weighted by molar-refractivity contribution is 8.25. The maximum absolute atomic E-state index is 11.6. The van der Waals surface area contributed by atoms with Gasteiger partial charge in [-0.25, -0.2) is 0 Å². The second-order valence-corrected chi connectivity index (χ2v) is 8.22. The van der Waals surface area contributed by atoms with Gasteiger partial charge in [0, 0.05) is 16.0 Å². The third-order valence-corrected chi connectivity index (χ3v) is 6.71. The Kier molecular flexibility index (Phi) is 3.71. The summed E-state index contributed by atoms with van der Waals surface area (Å²) in [4.78, 5) is 13.1. The van der Waals surface area contributed by atoms with Gasteiger partial charge >= 0.3 is 0 Å². The van der Waals surface area contributed by atoms with E-state index in [1.807, 2.05) is 30.3 Å². The third-order valence-electron chi connectivity index (χ3n) is 3.41. The summed E-state index contributed by atoms with van der Waals surface area (Å²) in [5, 5.41) is -0.184. The van der Waals surface area contributed by atoms with E-state index in [1.165, 1.54) is 11.8 Å². The standard InChI is InChI=1S/C15H15NO3S2/c16-15(17)11-7-4-8-13-14(11)12(9-21(13,18)19)20-10-5-2-1-3-6-10/h1-8,12,18-19H,9H2,(H2,16,17).